The zero-order valence-corrected chi connectivity index (χ0v) is 19.6. The van der Waals surface area contributed by atoms with E-state index in [2.05, 4.69) is 6.58 Å². The smallest absolute Gasteiger partial charge is 0.331 e. The molecule has 186 valence electrons. The highest BCUT2D eigenvalue weighted by Crippen LogP contribution is 2.29. The van der Waals surface area contributed by atoms with Crippen molar-refractivity contribution in [3.8, 4) is 0 Å². The molecule has 0 atom stereocenters. The summed E-state index contributed by atoms with van der Waals surface area (Å²) in [5.74, 6) is -3.45. The molecule has 2 rings (SSSR count). The van der Waals surface area contributed by atoms with E-state index in [4.69, 9.17) is 19.7 Å². The van der Waals surface area contributed by atoms with Gasteiger partial charge in [-0.05, 0) is 64.2 Å². The normalized spacial score (nSPS) is 17.5. The Morgan fingerprint density at radius 2 is 1.21 bits per heavy atom. The van der Waals surface area contributed by atoms with Gasteiger partial charge in [0.15, 0.2) is 5.41 Å². The predicted octanol–water partition coefficient (Wildman–Crippen LogP) is 4.81. The third-order valence-corrected chi connectivity index (χ3v) is 6.01. The zero-order valence-electron chi connectivity index (χ0n) is 19.6. The molecule has 0 aliphatic heterocycles. The fourth-order valence-electron chi connectivity index (χ4n) is 4.16. The van der Waals surface area contributed by atoms with Gasteiger partial charge in [-0.15, -0.1) is 6.58 Å². The summed E-state index contributed by atoms with van der Waals surface area (Å²) in [4.78, 5) is 44.8. The van der Waals surface area contributed by atoms with Gasteiger partial charge in [-0.25, -0.2) is 9.59 Å². The van der Waals surface area contributed by atoms with Crippen LogP contribution in [-0.4, -0.2) is 46.3 Å². The monoisotopic (exact) mass is 466 g/mol. The van der Waals surface area contributed by atoms with Crippen LogP contribution in [0.15, 0.2) is 24.8 Å². The Hall–Kier alpha value is -2.64. The number of hydrogen-bond donors (Lipinski definition) is 2. The van der Waals surface area contributed by atoms with Crippen LogP contribution >= 0.6 is 0 Å². The average Bonchev–Trinajstić information content (AvgIpc) is 2.79. The summed E-state index contributed by atoms with van der Waals surface area (Å²) in [6.07, 6.45) is 15.0. The number of aliphatic carboxylic acids is 2. The molecule has 0 amide bonds. The third-order valence-electron chi connectivity index (χ3n) is 6.01. The quantitative estimate of drug-likeness (QED) is 0.203. The molecule has 0 heterocycles. The van der Waals surface area contributed by atoms with Gasteiger partial charge in [-0.2, -0.15) is 0 Å². The molecule has 0 unspecified atom stereocenters. The second-order valence-electron chi connectivity index (χ2n) is 8.66. The number of carboxylic acids is 2. The highest BCUT2D eigenvalue weighted by molar-refractivity contribution is 5.98. The highest BCUT2D eigenvalue weighted by Gasteiger charge is 2.44. The Labute approximate surface area is 196 Å². The average molecular weight is 467 g/mol. The predicted molar refractivity (Wildman–Crippen MR) is 122 cm³/mol. The van der Waals surface area contributed by atoms with E-state index in [0.29, 0.717) is 6.42 Å². The van der Waals surface area contributed by atoms with Gasteiger partial charge >= 0.3 is 23.9 Å². The lowest BCUT2D eigenvalue weighted by Crippen LogP contribution is -2.38. The summed E-state index contributed by atoms with van der Waals surface area (Å²) in [6, 6.07) is 0. The molecule has 8 heteroatoms. The summed E-state index contributed by atoms with van der Waals surface area (Å²) in [7, 11) is 0. The van der Waals surface area contributed by atoms with E-state index in [1.807, 2.05) is 0 Å². The maximum atomic E-state index is 11.6. The second kappa shape index (κ2) is 15.2. The Bertz CT molecular complexity index is 637. The molecule has 0 aromatic carbocycles. The summed E-state index contributed by atoms with van der Waals surface area (Å²) in [6.45, 7) is 5.12. The van der Waals surface area contributed by atoms with Crippen LogP contribution in [0.4, 0.5) is 0 Å². The van der Waals surface area contributed by atoms with Crippen LogP contribution in [-0.2, 0) is 28.7 Å². The number of esters is 2. The lowest BCUT2D eigenvalue weighted by atomic mass is 9.80. The second-order valence-corrected chi connectivity index (χ2v) is 8.66. The fraction of sp³-hybridized carbons (Fsp3) is 0.680. The van der Waals surface area contributed by atoms with Crippen LogP contribution in [0.1, 0.15) is 90.4 Å². The summed E-state index contributed by atoms with van der Waals surface area (Å²) in [5.41, 5.74) is -1.68. The Balaban J connectivity index is 0.000000366. The summed E-state index contributed by atoms with van der Waals surface area (Å²) >= 11 is 0. The molecular formula is C25H38O8. The van der Waals surface area contributed by atoms with Gasteiger partial charge < -0.3 is 19.7 Å². The van der Waals surface area contributed by atoms with Gasteiger partial charge in [0.05, 0.1) is 0 Å². The van der Waals surface area contributed by atoms with Gasteiger partial charge in [-0.1, -0.05) is 32.3 Å². The van der Waals surface area contributed by atoms with Gasteiger partial charge in [0.1, 0.15) is 12.2 Å². The Kier molecular flexibility index (Phi) is 13.1. The van der Waals surface area contributed by atoms with Gasteiger partial charge in [-0.3, -0.25) is 9.59 Å². The number of hydrogen-bond acceptors (Lipinski definition) is 6. The topological polar surface area (TPSA) is 127 Å². The first-order chi connectivity index (χ1) is 15.7. The van der Waals surface area contributed by atoms with E-state index >= 15 is 0 Å². The van der Waals surface area contributed by atoms with Gasteiger partial charge in [0.25, 0.3) is 0 Å². The molecule has 2 fully saturated rings. The minimum absolute atomic E-state index is 0.0234. The van der Waals surface area contributed by atoms with Crippen LogP contribution in [0.2, 0.25) is 0 Å². The molecule has 0 aromatic rings. The fourth-order valence-corrected chi connectivity index (χ4v) is 4.16. The standard InChI is InChI=1S/C16H24O4.C9H14O4/c17-15(19-13-7-3-1-4-8-13)11-12-16(18)20-14-9-5-2-6-10-14;1-3-5-9(6-4-2,7(10)11)8(12)13/h11-14H,1-10H2;3H,1,4-6H2,2H3,(H,10,11)(H,12,13)/b12-11-;. The molecule has 2 N–H and O–H groups in total. The van der Waals surface area contributed by atoms with Crippen LogP contribution in [0.5, 0.6) is 0 Å². The highest BCUT2D eigenvalue weighted by atomic mass is 16.5. The largest absolute Gasteiger partial charge is 0.480 e. The van der Waals surface area contributed by atoms with E-state index in [-0.39, 0.29) is 25.0 Å². The number of rotatable bonds is 10. The lowest BCUT2D eigenvalue weighted by molar-refractivity contribution is -0.165. The molecule has 2 saturated carbocycles. The van der Waals surface area contributed by atoms with E-state index in [0.717, 1.165) is 51.4 Å². The number of allylic oxidation sites excluding steroid dienone is 1. The van der Waals surface area contributed by atoms with Crippen molar-refractivity contribution in [2.24, 2.45) is 5.41 Å². The van der Waals surface area contributed by atoms with E-state index in [9.17, 15) is 19.2 Å². The SMILES string of the molecule is C=CCC(CCC)(C(=O)O)C(=O)O.O=C(/C=C\C(=O)OC1CCCCC1)OC1CCCCC1. The Morgan fingerprint density at radius 3 is 1.52 bits per heavy atom. The van der Waals surface area contributed by atoms with E-state index in [1.54, 1.807) is 6.92 Å². The van der Waals surface area contributed by atoms with Crippen molar-refractivity contribution in [3.63, 3.8) is 0 Å². The molecule has 0 aromatic heterocycles. The van der Waals surface area contributed by atoms with E-state index in [1.165, 1.54) is 31.1 Å². The number of carbonyl (C=O) groups is 4. The van der Waals surface area contributed by atoms with Crippen LogP contribution < -0.4 is 0 Å². The first kappa shape index (κ1) is 28.4. The van der Waals surface area contributed by atoms with Crippen LogP contribution in [0.3, 0.4) is 0 Å². The first-order valence-corrected chi connectivity index (χ1v) is 11.9. The Morgan fingerprint density at radius 1 is 0.818 bits per heavy atom. The summed E-state index contributed by atoms with van der Waals surface area (Å²) < 4.78 is 10.6. The van der Waals surface area contributed by atoms with Crippen molar-refractivity contribution in [3.05, 3.63) is 24.8 Å². The maximum Gasteiger partial charge on any atom is 0.331 e. The maximum absolute atomic E-state index is 11.6. The molecular weight excluding hydrogens is 428 g/mol. The molecule has 8 nitrogen and oxygen atoms in total. The molecule has 0 radical (unpaired) electrons. The molecule has 2 aliphatic carbocycles. The summed E-state index contributed by atoms with van der Waals surface area (Å²) in [5, 5.41) is 17.7. The van der Waals surface area contributed by atoms with Crippen molar-refractivity contribution in [2.75, 3.05) is 0 Å². The van der Waals surface area contributed by atoms with Crippen molar-refractivity contribution in [1.29, 1.82) is 0 Å². The lowest BCUT2D eigenvalue weighted by Gasteiger charge is -2.22. The molecule has 0 spiro atoms. The van der Waals surface area contributed by atoms with Crippen LogP contribution in [0, 0.1) is 5.41 Å². The van der Waals surface area contributed by atoms with Gasteiger partial charge in [0, 0.05) is 12.2 Å². The van der Waals surface area contributed by atoms with Crippen molar-refractivity contribution in [2.45, 2.75) is 103 Å². The van der Waals surface area contributed by atoms with Crippen molar-refractivity contribution < 1.29 is 38.9 Å². The minimum Gasteiger partial charge on any atom is -0.480 e. The van der Waals surface area contributed by atoms with E-state index < -0.39 is 29.3 Å². The molecule has 0 saturated heterocycles. The zero-order chi connectivity index (χ0) is 24.7. The molecule has 0 bridgehead atoms. The number of carboxylic acid groups (broad SMARTS) is 2. The molecule has 2 aliphatic rings. The van der Waals surface area contributed by atoms with Gasteiger partial charge in [0.2, 0.25) is 0 Å². The number of ether oxygens (including phenoxy) is 2. The molecule has 33 heavy (non-hydrogen) atoms. The van der Waals surface area contributed by atoms with Crippen molar-refractivity contribution >= 4 is 23.9 Å². The first-order valence-electron chi connectivity index (χ1n) is 11.9. The van der Waals surface area contributed by atoms with Crippen LogP contribution in [0.25, 0.3) is 0 Å². The van der Waals surface area contributed by atoms with Crippen molar-refractivity contribution in [1.82, 2.24) is 0 Å². The minimum atomic E-state index is -1.68. The third kappa shape index (κ3) is 10.2. The number of carbonyl (C=O) groups excluding carboxylic acids is 2.